The first-order chi connectivity index (χ1) is 9.95. The molecule has 0 aliphatic carbocycles. The van der Waals surface area contributed by atoms with Crippen LogP contribution in [0.5, 0.6) is 17.2 Å². The standard InChI is InChI=1S/C15H12Cl2O4.ClH/c1-9(15(18)19)20-11-3-5-12(6-4-11)21-14-7-2-10(16)8-13(14)17;/h2-9H,1H3,(H,18,19);1H. The molecule has 22 heavy (non-hydrogen) atoms. The van der Waals surface area contributed by atoms with E-state index in [-0.39, 0.29) is 12.4 Å². The molecule has 0 fully saturated rings. The summed E-state index contributed by atoms with van der Waals surface area (Å²) in [6.07, 6.45) is -0.914. The largest absolute Gasteiger partial charge is 0.479 e. The van der Waals surface area contributed by atoms with E-state index < -0.39 is 12.1 Å². The van der Waals surface area contributed by atoms with Crippen molar-refractivity contribution in [2.45, 2.75) is 13.0 Å². The summed E-state index contributed by atoms with van der Waals surface area (Å²) in [5.41, 5.74) is 0. The third-order valence-corrected chi connectivity index (χ3v) is 3.14. The second-order valence-corrected chi connectivity index (χ2v) is 5.09. The van der Waals surface area contributed by atoms with E-state index in [1.54, 1.807) is 42.5 Å². The first-order valence-corrected chi connectivity index (χ1v) is 6.84. The van der Waals surface area contributed by atoms with E-state index in [1.807, 2.05) is 0 Å². The van der Waals surface area contributed by atoms with Crippen LogP contribution >= 0.6 is 35.6 Å². The van der Waals surface area contributed by atoms with E-state index in [0.29, 0.717) is 27.3 Å². The summed E-state index contributed by atoms with van der Waals surface area (Å²) in [5.74, 6) is 0.450. The van der Waals surface area contributed by atoms with E-state index >= 15 is 0 Å². The molecule has 118 valence electrons. The number of aliphatic carboxylic acids is 1. The van der Waals surface area contributed by atoms with E-state index in [2.05, 4.69) is 0 Å². The minimum Gasteiger partial charge on any atom is -0.479 e. The Balaban J connectivity index is 0.00000242. The maximum Gasteiger partial charge on any atom is 0.344 e. The number of halogens is 3. The lowest BCUT2D eigenvalue weighted by atomic mass is 10.3. The summed E-state index contributed by atoms with van der Waals surface area (Å²) < 4.78 is 10.8. The fourth-order valence-electron chi connectivity index (χ4n) is 1.53. The molecule has 0 heterocycles. The molecule has 7 heteroatoms. The molecule has 1 N–H and O–H groups in total. The number of carbonyl (C=O) groups is 1. The lowest BCUT2D eigenvalue weighted by Crippen LogP contribution is -2.22. The second kappa shape index (κ2) is 8.13. The van der Waals surface area contributed by atoms with Crippen molar-refractivity contribution in [1.29, 1.82) is 0 Å². The van der Waals surface area contributed by atoms with Crippen molar-refractivity contribution in [3.63, 3.8) is 0 Å². The topological polar surface area (TPSA) is 55.8 Å². The third-order valence-electron chi connectivity index (χ3n) is 2.61. The molecule has 2 aromatic rings. The molecular weight excluding hydrogens is 351 g/mol. The van der Waals surface area contributed by atoms with Gasteiger partial charge in [-0.1, -0.05) is 23.2 Å². The molecule has 2 rings (SSSR count). The minimum absolute atomic E-state index is 0. The van der Waals surface area contributed by atoms with Gasteiger partial charge in [0.2, 0.25) is 0 Å². The van der Waals surface area contributed by atoms with Gasteiger partial charge in [-0.05, 0) is 49.4 Å². The van der Waals surface area contributed by atoms with Gasteiger partial charge in [-0.25, -0.2) is 4.79 Å². The fraction of sp³-hybridized carbons (Fsp3) is 0.133. The zero-order valence-corrected chi connectivity index (χ0v) is 13.8. The third kappa shape index (κ3) is 4.98. The molecule has 0 spiro atoms. The van der Waals surface area contributed by atoms with Gasteiger partial charge in [-0.3, -0.25) is 0 Å². The van der Waals surface area contributed by atoms with Gasteiger partial charge >= 0.3 is 5.97 Å². The van der Waals surface area contributed by atoms with Crippen molar-refractivity contribution in [3.8, 4) is 17.2 Å². The maximum atomic E-state index is 10.7. The predicted molar refractivity (Wildman–Crippen MR) is 88.0 cm³/mol. The summed E-state index contributed by atoms with van der Waals surface area (Å²) in [6, 6.07) is 11.5. The van der Waals surface area contributed by atoms with Crippen molar-refractivity contribution >= 4 is 41.6 Å². The van der Waals surface area contributed by atoms with E-state index in [0.717, 1.165) is 0 Å². The number of ether oxygens (including phenoxy) is 2. The van der Waals surface area contributed by atoms with Gasteiger partial charge in [-0.15, -0.1) is 12.4 Å². The summed E-state index contributed by atoms with van der Waals surface area (Å²) in [7, 11) is 0. The van der Waals surface area contributed by atoms with E-state index in [1.165, 1.54) is 6.92 Å². The van der Waals surface area contributed by atoms with Crippen molar-refractivity contribution in [2.75, 3.05) is 0 Å². The molecular formula is C15H13Cl3O4. The average molecular weight is 364 g/mol. The smallest absolute Gasteiger partial charge is 0.344 e. The van der Waals surface area contributed by atoms with Crippen LogP contribution < -0.4 is 9.47 Å². The number of carboxylic acids is 1. The molecule has 0 aliphatic rings. The highest BCUT2D eigenvalue weighted by Gasteiger charge is 2.12. The van der Waals surface area contributed by atoms with Crippen molar-refractivity contribution in [1.82, 2.24) is 0 Å². The zero-order chi connectivity index (χ0) is 15.4. The Labute approximate surface area is 144 Å². The maximum absolute atomic E-state index is 10.7. The van der Waals surface area contributed by atoms with Crippen LogP contribution in [0.15, 0.2) is 42.5 Å². The predicted octanol–water partition coefficient (Wildman–Crippen LogP) is 5.06. The Hall–Kier alpha value is -1.62. The van der Waals surface area contributed by atoms with Gasteiger partial charge < -0.3 is 14.6 Å². The van der Waals surface area contributed by atoms with Gasteiger partial charge in [0.05, 0.1) is 5.02 Å². The quantitative estimate of drug-likeness (QED) is 0.806. The number of benzene rings is 2. The Kier molecular flexibility index (Phi) is 6.81. The molecule has 0 radical (unpaired) electrons. The van der Waals surface area contributed by atoms with Crippen molar-refractivity contribution < 1.29 is 19.4 Å². The normalized spacial score (nSPS) is 11.2. The molecule has 1 unspecified atom stereocenters. The Bertz CT molecular complexity index is 644. The van der Waals surface area contributed by atoms with Crippen molar-refractivity contribution in [2.24, 2.45) is 0 Å². The van der Waals surface area contributed by atoms with Crippen LogP contribution in [-0.4, -0.2) is 17.2 Å². The molecule has 0 bridgehead atoms. The molecule has 0 saturated heterocycles. The van der Waals surface area contributed by atoms with Gasteiger partial charge in [0.15, 0.2) is 6.10 Å². The van der Waals surface area contributed by atoms with Gasteiger partial charge in [-0.2, -0.15) is 0 Å². The van der Waals surface area contributed by atoms with E-state index in [4.69, 9.17) is 37.8 Å². The summed E-state index contributed by atoms with van der Waals surface area (Å²) in [4.78, 5) is 10.7. The van der Waals surface area contributed by atoms with Crippen LogP contribution in [0.1, 0.15) is 6.92 Å². The Morgan fingerprint density at radius 2 is 1.68 bits per heavy atom. The highest BCUT2D eigenvalue weighted by atomic mass is 35.5. The first-order valence-electron chi connectivity index (χ1n) is 6.08. The van der Waals surface area contributed by atoms with Gasteiger partial charge in [0.1, 0.15) is 17.2 Å². The summed E-state index contributed by atoms with van der Waals surface area (Å²) in [6.45, 7) is 1.46. The van der Waals surface area contributed by atoms with E-state index in [9.17, 15) is 4.79 Å². The van der Waals surface area contributed by atoms with Crippen molar-refractivity contribution in [3.05, 3.63) is 52.5 Å². The monoisotopic (exact) mass is 362 g/mol. The lowest BCUT2D eigenvalue weighted by Gasteiger charge is -2.11. The Morgan fingerprint density at radius 1 is 1.09 bits per heavy atom. The highest BCUT2D eigenvalue weighted by Crippen LogP contribution is 2.32. The van der Waals surface area contributed by atoms with Gasteiger partial charge in [0.25, 0.3) is 0 Å². The highest BCUT2D eigenvalue weighted by molar-refractivity contribution is 6.35. The minimum atomic E-state index is -1.02. The lowest BCUT2D eigenvalue weighted by molar-refractivity contribution is -0.144. The van der Waals surface area contributed by atoms with Crippen LogP contribution in [0.3, 0.4) is 0 Å². The number of hydrogen-bond donors (Lipinski definition) is 1. The number of hydrogen-bond acceptors (Lipinski definition) is 3. The molecule has 2 aromatic carbocycles. The van der Waals surface area contributed by atoms with Gasteiger partial charge in [0, 0.05) is 5.02 Å². The summed E-state index contributed by atoms with van der Waals surface area (Å²) >= 11 is 11.8. The molecule has 0 saturated carbocycles. The average Bonchev–Trinajstić information content (AvgIpc) is 2.43. The van der Waals surface area contributed by atoms with Crippen LogP contribution in [0.2, 0.25) is 10.0 Å². The molecule has 0 amide bonds. The first kappa shape index (κ1) is 18.4. The Morgan fingerprint density at radius 3 is 2.23 bits per heavy atom. The molecule has 0 aliphatic heterocycles. The van der Waals surface area contributed by atoms with Crippen LogP contribution in [0.4, 0.5) is 0 Å². The molecule has 4 nitrogen and oxygen atoms in total. The SMILES string of the molecule is CC(Oc1ccc(Oc2ccc(Cl)cc2Cl)cc1)C(=O)O.Cl. The summed E-state index contributed by atoms with van der Waals surface area (Å²) in [5, 5.41) is 9.70. The zero-order valence-electron chi connectivity index (χ0n) is 11.5. The van der Waals surface area contributed by atoms with Crippen LogP contribution in [0, 0.1) is 0 Å². The number of rotatable bonds is 5. The molecule has 0 aromatic heterocycles. The second-order valence-electron chi connectivity index (χ2n) is 4.25. The van der Waals surface area contributed by atoms with Crippen LogP contribution in [0.25, 0.3) is 0 Å². The number of carboxylic acid groups (broad SMARTS) is 1. The molecule has 1 atom stereocenters. The fourth-order valence-corrected chi connectivity index (χ4v) is 1.97. The van der Waals surface area contributed by atoms with Crippen LogP contribution in [-0.2, 0) is 4.79 Å².